The molecule has 1 aliphatic heterocycles. The molecule has 1 aliphatic rings. The van der Waals surface area contributed by atoms with Crippen molar-refractivity contribution in [2.24, 2.45) is 0 Å². The van der Waals surface area contributed by atoms with Gasteiger partial charge >= 0.3 is 7.12 Å². The third-order valence-corrected chi connectivity index (χ3v) is 4.75. The molecule has 134 valence electrons. The van der Waals surface area contributed by atoms with Crippen molar-refractivity contribution in [3.63, 3.8) is 0 Å². The van der Waals surface area contributed by atoms with Gasteiger partial charge in [0.1, 0.15) is 5.73 Å². The zero-order chi connectivity index (χ0) is 18.8. The van der Waals surface area contributed by atoms with Gasteiger partial charge in [-0.25, -0.2) is 9.37 Å². The molecule has 1 aromatic heterocycles. The maximum Gasteiger partial charge on any atom is 0.525 e. The van der Waals surface area contributed by atoms with E-state index in [1.54, 1.807) is 12.5 Å². The lowest BCUT2D eigenvalue weighted by Gasteiger charge is -2.32. The highest BCUT2D eigenvalue weighted by molar-refractivity contribution is 6.54. The fourth-order valence-electron chi connectivity index (χ4n) is 2.46. The number of hydrogen-bond acceptors (Lipinski definition) is 3. The van der Waals surface area contributed by atoms with Crippen LogP contribution in [0.4, 0.5) is 4.39 Å². The van der Waals surface area contributed by atoms with E-state index in [4.69, 9.17) is 9.31 Å². The van der Waals surface area contributed by atoms with Crippen LogP contribution in [0.25, 0.3) is 6.08 Å². The molecule has 0 atom stereocenters. The number of nitrogens with zero attached hydrogens (tertiary/aromatic N) is 2. The second-order valence-corrected chi connectivity index (χ2v) is 7.28. The zero-order valence-electron chi connectivity index (χ0n) is 15.5. The van der Waals surface area contributed by atoms with Gasteiger partial charge in [0, 0.05) is 18.0 Å². The fourth-order valence-corrected chi connectivity index (χ4v) is 2.46. The van der Waals surface area contributed by atoms with E-state index in [1.165, 1.54) is 6.08 Å². The van der Waals surface area contributed by atoms with Gasteiger partial charge in [-0.2, -0.15) is 0 Å². The minimum absolute atomic E-state index is 0.442. The average molecular weight is 352 g/mol. The van der Waals surface area contributed by atoms with E-state index in [0.29, 0.717) is 6.54 Å². The second kappa shape index (κ2) is 7.10. The van der Waals surface area contributed by atoms with Crippen LogP contribution in [-0.2, 0) is 15.9 Å². The number of imidazole rings is 1. The normalized spacial score (nSPS) is 18.5. The first-order chi connectivity index (χ1) is 12.3. The molecule has 26 heavy (non-hydrogen) atoms. The molecule has 1 aromatic carbocycles. The van der Waals surface area contributed by atoms with E-state index in [1.807, 2.05) is 62.7 Å². The highest BCUT2D eigenvalue weighted by Gasteiger charge is 2.53. The van der Waals surface area contributed by atoms with Crippen molar-refractivity contribution >= 4 is 13.2 Å². The van der Waals surface area contributed by atoms with Crippen molar-refractivity contribution in [1.82, 2.24) is 9.55 Å². The maximum absolute atomic E-state index is 14.5. The monoisotopic (exact) mass is 352 g/mol. The lowest BCUT2D eigenvalue weighted by atomic mass is 9.87. The minimum atomic E-state index is -0.977. The number of aromatic nitrogens is 2. The van der Waals surface area contributed by atoms with Crippen molar-refractivity contribution in [1.29, 1.82) is 0 Å². The molecule has 3 rings (SSSR count). The first-order valence-electron chi connectivity index (χ1n) is 8.54. The Balaban J connectivity index is 1.65. The summed E-state index contributed by atoms with van der Waals surface area (Å²) in [5.74, 6) is 6.15. The van der Waals surface area contributed by atoms with Crippen molar-refractivity contribution < 1.29 is 13.7 Å². The van der Waals surface area contributed by atoms with Crippen LogP contribution in [0.3, 0.4) is 0 Å². The van der Waals surface area contributed by atoms with Crippen LogP contribution in [0, 0.1) is 11.8 Å². The summed E-state index contributed by atoms with van der Waals surface area (Å²) in [6.07, 6.45) is 6.74. The Morgan fingerprint density at radius 3 is 2.42 bits per heavy atom. The first kappa shape index (κ1) is 18.4. The van der Waals surface area contributed by atoms with Gasteiger partial charge in [-0.05, 0) is 51.5 Å². The van der Waals surface area contributed by atoms with Crippen molar-refractivity contribution in [2.45, 2.75) is 45.4 Å². The van der Waals surface area contributed by atoms with Crippen LogP contribution in [0.5, 0.6) is 0 Å². The molecular weight excluding hydrogens is 330 g/mol. The highest BCUT2D eigenvalue weighted by atomic mass is 19.1. The smallest absolute Gasteiger partial charge is 0.398 e. The molecule has 1 fully saturated rings. The maximum atomic E-state index is 14.5. The number of benzene rings is 1. The number of rotatable bonds is 3. The summed E-state index contributed by atoms with van der Waals surface area (Å²) in [7, 11) is -0.977. The van der Waals surface area contributed by atoms with E-state index in [0.717, 1.165) is 11.1 Å². The lowest BCUT2D eigenvalue weighted by molar-refractivity contribution is 0.00578. The molecule has 1 saturated heterocycles. The van der Waals surface area contributed by atoms with Gasteiger partial charge in [0.15, 0.2) is 0 Å². The molecule has 0 spiro atoms. The zero-order valence-corrected chi connectivity index (χ0v) is 15.5. The summed E-state index contributed by atoms with van der Waals surface area (Å²) in [4.78, 5) is 3.97. The lowest BCUT2D eigenvalue weighted by Crippen LogP contribution is -2.41. The summed E-state index contributed by atoms with van der Waals surface area (Å²) in [5.41, 5.74) is 0.0491. The molecule has 2 aromatic rings. The Kier molecular flexibility index (Phi) is 5.04. The Hall–Kier alpha value is -2.36. The largest absolute Gasteiger partial charge is 0.525 e. The van der Waals surface area contributed by atoms with Gasteiger partial charge in [-0.3, -0.25) is 0 Å². The molecule has 6 heteroatoms. The van der Waals surface area contributed by atoms with E-state index < -0.39 is 24.0 Å². The van der Waals surface area contributed by atoms with Gasteiger partial charge in [-0.15, -0.1) is 0 Å². The molecule has 0 aliphatic carbocycles. The standard InChI is InChI=1S/C20H22BFN2O2/c1-19(2)20(3,4)26-21(25-19)18(22)14-17-9-7-16(8-10-17)6-5-12-24-13-11-23-15-24/h7-11,13-15H,12H2,1-4H3. The summed E-state index contributed by atoms with van der Waals surface area (Å²) in [6, 6.07) is 7.38. The molecule has 0 N–H and O–H groups in total. The van der Waals surface area contributed by atoms with Gasteiger partial charge in [0.2, 0.25) is 0 Å². The fraction of sp³-hybridized carbons (Fsp3) is 0.350. The molecule has 4 nitrogen and oxygen atoms in total. The number of hydrogen-bond donors (Lipinski definition) is 0. The Morgan fingerprint density at radius 1 is 1.19 bits per heavy atom. The minimum Gasteiger partial charge on any atom is -0.398 e. The summed E-state index contributed by atoms with van der Waals surface area (Å²) >= 11 is 0. The Bertz CT molecular complexity index is 830. The molecule has 0 radical (unpaired) electrons. The van der Waals surface area contributed by atoms with Gasteiger partial charge in [0.05, 0.1) is 24.1 Å². The third-order valence-electron chi connectivity index (χ3n) is 4.75. The van der Waals surface area contributed by atoms with E-state index in [-0.39, 0.29) is 0 Å². The molecule has 0 bridgehead atoms. The van der Waals surface area contributed by atoms with Crippen molar-refractivity contribution in [3.05, 3.63) is 59.8 Å². The van der Waals surface area contributed by atoms with Crippen molar-refractivity contribution in [3.8, 4) is 11.8 Å². The topological polar surface area (TPSA) is 36.3 Å². The average Bonchev–Trinajstić information content (AvgIpc) is 3.15. The van der Waals surface area contributed by atoms with Crippen LogP contribution in [0.2, 0.25) is 0 Å². The van der Waals surface area contributed by atoms with E-state index >= 15 is 0 Å². The molecular formula is C20H22BFN2O2. The molecule has 0 unspecified atom stereocenters. The van der Waals surface area contributed by atoms with Crippen LogP contribution in [0.15, 0.2) is 48.7 Å². The van der Waals surface area contributed by atoms with Gasteiger partial charge < -0.3 is 13.9 Å². The first-order valence-corrected chi connectivity index (χ1v) is 8.54. The number of halogens is 1. The second-order valence-electron chi connectivity index (χ2n) is 7.28. The third kappa shape index (κ3) is 4.06. The van der Waals surface area contributed by atoms with Crippen molar-refractivity contribution in [2.75, 3.05) is 0 Å². The van der Waals surface area contributed by atoms with E-state index in [2.05, 4.69) is 16.8 Å². The molecule has 2 heterocycles. The summed E-state index contributed by atoms with van der Waals surface area (Å²) in [6.45, 7) is 8.18. The molecule has 0 amide bonds. The SMILES string of the molecule is CC1(C)OB(C(F)=Cc2ccc(C#CCn3ccnc3)cc2)OC1(C)C. The van der Waals surface area contributed by atoms with Crippen LogP contribution in [0.1, 0.15) is 38.8 Å². The Morgan fingerprint density at radius 2 is 1.85 bits per heavy atom. The van der Waals surface area contributed by atoms with Crippen LogP contribution < -0.4 is 0 Å². The summed E-state index contributed by atoms with van der Waals surface area (Å²) < 4.78 is 27.8. The van der Waals surface area contributed by atoms with Crippen LogP contribution in [-0.4, -0.2) is 27.9 Å². The summed E-state index contributed by atoms with van der Waals surface area (Å²) in [5, 5.41) is 0. The predicted molar refractivity (Wildman–Crippen MR) is 101 cm³/mol. The predicted octanol–water partition coefficient (Wildman–Crippen LogP) is 3.88. The van der Waals surface area contributed by atoms with Crippen LogP contribution >= 0.6 is 0 Å². The van der Waals surface area contributed by atoms with Gasteiger partial charge in [-0.1, -0.05) is 24.0 Å². The molecule has 0 saturated carbocycles. The van der Waals surface area contributed by atoms with Gasteiger partial charge in [0.25, 0.3) is 0 Å². The quantitative estimate of drug-likeness (QED) is 0.621. The highest BCUT2D eigenvalue weighted by Crippen LogP contribution is 2.39. The Labute approximate surface area is 154 Å². The van der Waals surface area contributed by atoms with E-state index in [9.17, 15) is 4.39 Å².